The summed E-state index contributed by atoms with van der Waals surface area (Å²) in [5.41, 5.74) is 2.29. The molecule has 2 rings (SSSR count). The lowest BCUT2D eigenvalue weighted by Crippen LogP contribution is -2.39. The fourth-order valence-electron chi connectivity index (χ4n) is 3.53. The van der Waals surface area contributed by atoms with E-state index in [9.17, 15) is 14.4 Å². The molecule has 3 atom stereocenters. The van der Waals surface area contributed by atoms with E-state index < -0.39 is 5.97 Å². The molecule has 0 radical (unpaired) electrons. The Labute approximate surface area is 178 Å². The molecule has 0 saturated heterocycles. The summed E-state index contributed by atoms with van der Waals surface area (Å²) in [4.78, 5) is 34.9. The van der Waals surface area contributed by atoms with Gasteiger partial charge in [0.15, 0.2) is 0 Å². The van der Waals surface area contributed by atoms with Crippen LogP contribution in [0.4, 0.5) is 0 Å². The molecule has 0 spiro atoms. The van der Waals surface area contributed by atoms with Gasteiger partial charge in [-0.25, -0.2) is 0 Å². The van der Waals surface area contributed by atoms with Crippen molar-refractivity contribution in [1.82, 2.24) is 5.32 Å². The first-order valence-electron chi connectivity index (χ1n) is 10.5. The number of carbonyl (C=O) groups is 3. The van der Waals surface area contributed by atoms with Gasteiger partial charge in [0, 0.05) is 18.4 Å². The number of carboxylic acid groups (broad SMARTS) is 1. The number of hydrogen-bond donors (Lipinski definition) is 2. The van der Waals surface area contributed by atoms with Gasteiger partial charge in [0.05, 0.1) is 18.9 Å². The number of carboxylic acids is 1. The maximum absolute atomic E-state index is 12.2. The predicted molar refractivity (Wildman–Crippen MR) is 115 cm³/mol. The molecule has 6 nitrogen and oxygen atoms in total. The van der Waals surface area contributed by atoms with E-state index in [4.69, 9.17) is 9.84 Å². The fraction of sp³-hybridized carbons (Fsp3) is 0.458. The first-order valence-corrected chi connectivity index (χ1v) is 10.5. The largest absolute Gasteiger partial charge is 0.481 e. The van der Waals surface area contributed by atoms with Crippen LogP contribution in [-0.4, -0.2) is 35.6 Å². The van der Waals surface area contributed by atoms with Gasteiger partial charge in [-0.2, -0.15) is 0 Å². The average Bonchev–Trinajstić information content (AvgIpc) is 2.73. The first-order chi connectivity index (χ1) is 14.4. The maximum atomic E-state index is 12.2. The SMILES string of the molecule is CCOC(=O)[C@H](C)C[C@@H](Cc1ccc(C2C=CC=CC2)cc1)NC(=O)CCC(=O)O. The van der Waals surface area contributed by atoms with Crippen LogP contribution in [0.15, 0.2) is 48.6 Å². The van der Waals surface area contributed by atoms with E-state index in [2.05, 4.69) is 35.7 Å². The third-order valence-corrected chi connectivity index (χ3v) is 5.13. The van der Waals surface area contributed by atoms with Gasteiger partial charge in [-0.05, 0) is 37.3 Å². The number of benzene rings is 1. The molecule has 1 aromatic carbocycles. The minimum absolute atomic E-state index is 0.0832. The standard InChI is InChI=1S/C24H31NO5/c1-3-30-24(29)17(2)15-21(25-22(26)13-14-23(27)28)16-18-9-11-20(12-10-18)19-7-5-4-6-8-19/h4-7,9-12,17,19,21H,3,8,13-16H2,1-2H3,(H,25,26)(H,27,28)/t17-,19?,21+/m1/s1. The fourth-order valence-corrected chi connectivity index (χ4v) is 3.53. The Balaban J connectivity index is 2.03. The van der Waals surface area contributed by atoms with Crippen LogP contribution in [0.25, 0.3) is 0 Å². The van der Waals surface area contributed by atoms with Gasteiger partial charge in [0.25, 0.3) is 0 Å². The Bertz CT molecular complexity index is 781. The molecule has 0 bridgehead atoms. The Morgan fingerprint density at radius 1 is 1.17 bits per heavy atom. The van der Waals surface area contributed by atoms with Crippen LogP contribution in [0.3, 0.4) is 0 Å². The molecule has 2 N–H and O–H groups in total. The van der Waals surface area contributed by atoms with Crippen molar-refractivity contribution >= 4 is 17.8 Å². The van der Waals surface area contributed by atoms with Crippen LogP contribution in [0.5, 0.6) is 0 Å². The van der Waals surface area contributed by atoms with Crippen LogP contribution in [-0.2, 0) is 25.5 Å². The van der Waals surface area contributed by atoms with Gasteiger partial charge >= 0.3 is 11.9 Å². The van der Waals surface area contributed by atoms with Crippen molar-refractivity contribution in [3.05, 3.63) is 59.7 Å². The summed E-state index contributed by atoms with van der Waals surface area (Å²) in [6.07, 6.45) is 10.1. The zero-order valence-corrected chi connectivity index (χ0v) is 17.7. The Morgan fingerprint density at radius 3 is 2.50 bits per heavy atom. The molecule has 162 valence electrons. The minimum Gasteiger partial charge on any atom is -0.481 e. The molecule has 0 heterocycles. The summed E-state index contributed by atoms with van der Waals surface area (Å²) in [6.45, 7) is 3.85. The topological polar surface area (TPSA) is 92.7 Å². The van der Waals surface area contributed by atoms with Gasteiger partial charge in [-0.3, -0.25) is 14.4 Å². The molecular formula is C24H31NO5. The summed E-state index contributed by atoms with van der Waals surface area (Å²) in [5.74, 6) is -1.62. The van der Waals surface area contributed by atoms with Gasteiger partial charge in [-0.1, -0.05) is 55.5 Å². The maximum Gasteiger partial charge on any atom is 0.308 e. The van der Waals surface area contributed by atoms with Crippen molar-refractivity contribution in [2.45, 2.75) is 57.9 Å². The third-order valence-electron chi connectivity index (χ3n) is 5.13. The molecule has 0 aromatic heterocycles. The number of amides is 1. The highest BCUT2D eigenvalue weighted by molar-refractivity contribution is 5.81. The van der Waals surface area contributed by atoms with Crippen molar-refractivity contribution in [2.75, 3.05) is 6.61 Å². The summed E-state index contributed by atoms with van der Waals surface area (Å²) in [7, 11) is 0. The second kappa shape index (κ2) is 12.0. The molecule has 0 aliphatic heterocycles. The summed E-state index contributed by atoms with van der Waals surface area (Å²) < 4.78 is 5.08. The average molecular weight is 414 g/mol. The van der Waals surface area contributed by atoms with Crippen LogP contribution < -0.4 is 5.32 Å². The lowest BCUT2D eigenvalue weighted by Gasteiger charge is -2.22. The minimum atomic E-state index is -1.01. The highest BCUT2D eigenvalue weighted by Gasteiger charge is 2.22. The molecular weight excluding hydrogens is 382 g/mol. The number of allylic oxidation sites excluding steroid dienone is 4. The van der Waals surface area contributed by atoms with Crippen molar-refractivity contribution < 1.29 is 24.2 Å². The van der Waals surface area contributed by atoms with Crippen molar-refractivity contribution in [2.24, 2.45) is 5.92 Å². The summed E-state index contributed by atoms with van der Waals surface area (Å²) in [5, 5.41) is 11.7. The van der Waals surface area contributed by atoms with Crippen LogP contribution in [0.2, 0.25) is 0 Å². The smallest absolute Gasteiger partial charge is 0.308 e. The third kappa shape index (κ3) is 7.85. The van der Waals surface area contributed by atoms with Gasteiger partial charge in [0.2, 0.25) is 5.91 Å². The summed E-state index contributed by atoms with van der Waals surface area (Å²) >= 11 is 0. The number of ether oxygens (including phenoxy) is 1. The Morgan fingerprint density at radius 2 is 1.90 bits per heavy atom. The van der Waals surface area contributed by atoms with Gasteiger partial charge < -0.3 is 15.2 Å². The molecule has 1 amide bonds. The van der Waals surface area contributed by atoms with E-state index in [1.165, 1.54) is 5.56 Å². The van der Waals surface area contributed by atoms with E-state index in [-0.39, 0.29) is 36.7 Å². The number of carbonyl (C=O) groups excluding carboxylic acids is 2. The quantitative estimate of drug-likeness (QED) is 0.539. The van der Waals surface area contributed by atoms with Crippen molar-refractivity contribution in [3.8, 4) is 0 Å². The molecule has 6 heteroatoms. The molecule has 30 heavy (non-hydrogen) atoms. The first kappa shape index (κ1) is 23.4. The van der Waals surface area contributed by atoms with E-state index in [0.717, 1.165) is 12.0 Å². The van der Waals surface area contributed by atoms with Gasteiger partial charge in [0.1, 0.15) is 0 Å². The number of rotatable bonds is 11. The second-order valence-corrected chi connectivity index (χ2v) is 7.65. The lowest BCUT2D eigenvalue weighted by molar-refractivity contribution is -0.148. The number of nitrogens with one attached hydrogen (secondary N) is 1. The normalized spacial score (nSPS) is 17.2. The zero-order chi connectivity index (χ0) is 21.9. The van der Waals surface area contributed by atoms with E-state index in [1.54, 1.807) is 13.8 Å². The van der Waals surface area contributed by atoms with E-state index in [0.29, 0.717) is 25.4 Å². The summed E-state index contributed by atoms with van der Waals surface area (Å²) in [6, 6.07) is 8.01. The zero-order valence-electron chi connectivity index (χ0n) is 17.7. The van der Waals surface area contributed by atoms with Crippen LogP contribution >= 0.6 is 0 Å². The highest BCUT2D eigenvalue weighted by atomic mass is 16.5. The van der Waals surface area contributed by atoms with Crippen molar-refractivity contribution in [1.29, 1.82) is 0 Å². The Kier molecular flexibility index (Phi) is 9.32. The molecule has 0 saturated carbocycles. The molecule has 0 fully saturated rings. The highest BCUT2D eigenvalue weighted by Crippen LogP contribution is 2.25. The molecule has 1 aliphatic rings. The van der Waals surface area contributed by atoms with Crippen LogP contribution in [0.1, 0.15) is 56.6 Å². The number of hydrogen-bond acceptors (Lipinski definition) is 4. The molecule has 1 unspecified atom stereocenters. The molecule has 1 aromatic rings. The van der Waals surface area contributed by atoms with E-state index in [1.807, 2.05) is 18.2 Å². The predicted octanol–water partition coefficient (Wildman–Crippen LogP) is 3.77. The lowest BCUT2D eigenvalue weighted by atomic mass is 9.90. The Hall–Kier alpha value is -2.89. The van der Waals surface area contributed by atoms with Crippen molar-refractivity contribution in [3.63, 3.8) is 0 Å². The number of esters is 1. The monoisotopic (exact) mass is 413 g/mol. The van der Waals surface area contributed by atoms with Crippen LogP contribution in [0, 0.1) is 5.92 Å². The van der Waals surface area contributed by atoms with Gasteiger partial charge in [-0.15, -0.1) is 0 Å². The van der Waals surface area contributed by atoms with E-state index >= 15 is 0 Å². The molecule has 1 aliphatic carbocycles. The second-order valence-electron chi connectivity index (χ2n) is 7.65. The number of aliphatic carboxylic acids is 1.